The third-order valence-corrected chi connectivity index (χ3v) is 5.01. The Morgan fingerprint density at radius 1 is 1.18 bits per heavy atom. The Kier molecular flexibility index (Phi) is 5.16. The van der Waals surface area contributed by atoms with E-state index in [4.69, 9.17) is 0 Å². The fourth-order valence-corrected chi connectivity index (χ4v) is 3.87. The molecule has 1 atom stereocenters. The van der Waals surface area contributed by atoms with Crippen LogP contribution in [0.15, 0.2) is 12.4 Å². The van der Waals surface area contributed by atoms with Gasteiger partial charge in [0.05, 0.1) is 12.1 Å². The summed E-state index contributed by atoms with van der Waals surface area (Å²) in [6.45, 7) is 8.98. The van der Waals surface area contributed by atoms with Gasteiger partial charge in [-0.2, -0.15) is 0 Å². The lowest BCUT2D eigenvalue weighted by molar-refractivity contribution is 0.00612. The summed E-state index contributed by atoms with van der Waals surface area (Å²) in [5.41, 5.74) is -0.528. The van der Waals surface area contributed by atoms with Crippen molar-refractivity contribution in [2.75, 3.05) is 32.7 Å². The third kappa shape index (κ3) is 3.89. The molecule has 0 aliphatic carbocycles. The summed E-state index contributed by atoms with van der Waals surface area (Å²) in [5.74, 6) is 1.13. The van der Waals surface area contributed by atoms with Crippen molar-refractivity contribution in [3.63, 3.8) is 0 Å². The zero-order valence-corrected chi connectivity index (χ0v) is 13.9. The summed E-state index contributed by atoms with van der Waals surface area (Å²) in [7, 11) is 0. The standard InChI is InChI=1S/C17H30N4O/c1-2-8-21-12-7-18-16(21)13-20-11-6-17(22,15-20)14-19-9-4-3-5-10-19/h7,12,22H,2-6,8-11,13-15H2,1H3/t17-/m0/s1. The molecule has 0 unspecified atom stereocenters. The normalized spacial score (nSPS) is 27.5. The molecule has 1 N–H and O–H groups in total. The van der Waals surface area contributed by atoms with Crippen molar-refractivity contribution in [3.05, 3.63) is 18.2 Å². The van der Waals surface area contributed by atoms with Crippen LogP contribution in [0.5, 0.6) is 0 Å². The molecule has 3 rings (SSSR count). The van der Waals surface area contributed by atoms with E-state index in [1.807, 2.05) is 6.20 Å². The number of hydrogen-bond acceptors (Lipinski definition) is 4. The number of β-amino-alcohol motifs (C(OH)–C–C–N with tert-alkyl or cyclic N) is 1. The molecule has 124 valence electrons. The first kappa shape index (κ1) is 16.0. The number of aromatic nitrogens is 2. The van der Waals surface area contributed by atoms with Crippen LogP contribution in [0.25, 0.3) is 0 Å². The summed E-state index contributed by atoms with van der Waals surface area (Å²) in [6, 6.07) is 0. The van der Waals surface area contributed by atoms with Crippen molar-refractivity contribution in [1.29, 1.82) is 0 Å². The van der Waals surface area contributed by atoms with Crippen LogP contribution in [0.4, 0.5) is 0 Å². The van der Waals surface area contributed by atoms with Gasteiger partial charge in [-0.1, -0.05) is 13.3 Å². The van der Waals surface area contributed by atoms with Gasteiger partial charge < -0.3 is 14.6 Å². The van der Waals surface area contributed by atoms with Crippen molar-refractivity contribution in [1.82, 2.24) is 19.4 Å². The van der Waals surface area contributed by atoms with Crippen LogP contribution in [0.2, 0.25) is 0 Å². The summed E-state index contributed by atoms with van der Waals surface area (Å²) in [5, 5.41) is 10.9. The van der Waals surface area contributed by atoms with Crippen LogP contribution in [0.1, 0.15) is 44.9 Å². The van der Waals surface area contributed by atoms with Crippen molar-refractivity contribution in [2.45, 2.75) is 57.7 Å². The Labute approximate surface area is 133 Å². The minimum atomic E-state index is -0.528. The first-order valence-electron chi connectivity index (χ1n) is 8.86. The molecule has 2 aliphatic rings. The molecule has 2 fully saturated rings. The fourth-order valence-electron chi connectivity index (χ4n) is 3.87. The highest BCUT2D eigenvalue weighted by atomic mass is 16.3. The molecule has 1 aromatic heterocycles. The van der Waals surface area contributed by atoms with Crippen LogP contribution in [0.3, 0.4) is 0 Å². The molecule has 2 aliphatic heterocycles. The van der Waals surface area contributed by atoms with Gasteiger partial charge in [0.15, 0.2) is 0 Å². The number of aliphatic hydroxyl groups is 1. The van der Waals surface area contributed by atoms with Crippen LogP contribution in [0, 0.1) is 0 Å². The molecule has 0 amide bonds. The van der Waals surface area contributed by atoms with Gasteiger partial charge in [-0.05, 0) is 38.8 Å². The van der Waals surface area contributed by atoms with E-state index in [1.165, 1.54) is 19.3 Å². The van der Waals surface area contributed by atoms with E-state index in [-0.39, 0.29) is 0 Å². The van der Waals surface area contributed by atoms with Crippen molar-refractivity contribution < 1.29 is 5.11 Å². The summed E-state index contributed by atoms with van der Waals surface area (Å²) in [6.07, 6.45) is 9.89. The van der Waals surface area contributed by atoms with Crippen molar-refractivity contribution in [3.8, 4) is 0 Å². The van der Waals surface area contributed by atoms with Gasteiger partial charge in [0, 0.05) is 38.6 Å². The Balaban J connectivity index is 1.53. The second-order valence-electron chi connectivity index (χ2n) is 7.06. The van der Waals surface area contributed by atoms with E-state index in [2.05, 4.69) is 32.5 Å². The van der Waals surface area contributed by atoms with E-state index in [0.717, 1.165) is 64.5 Å². The smallest absolute Gasteiger partial charge is 0.122 e. The molecule has 2 saturated heterocycles. The number of nitrogens with zero attached hydrogens (tertiary/aromatic N) is 4. The van der Waals surface area contributed by atoms with Crippen LogP contribution < -0.4 is 0 Å². The summed E-state index contributed by atoms with van der Waals surface area (Å²) >= 11 is 0. The monoisotopic (exact) mass is 306 g/mol. The Morgan fingerprint density at radius 2 is 2.00 bits per heavy atom. The minimum Gasteiger partial charge on any atom is -0.387 e. The van der Waals surface area contributed by atoms with Gasteiger partial charge in [0.25, 0.3) is 0 Å². The van der Waals surface area contributed by atoms with Gasteiger partial charge in [0.2, 0.25) is 0 Å². The SMILES string of the molecule is CCCn1ccnc1CN1CC[C@](O)(CN2CCCCC2)C1. The van der Waals surface area contributed by atoms with Gasteiger partial charge in [-0.25, -0.2) is 4.98 Å². The molecule has 3 heterocycles. The van der Waals surface area contributed by atoms with Gasteiger partial charge in [-0.3, -0.25) is 4.90 Å². The molecule has 22 heavy (non-hydrogen) atoms. The molecule has 1 aromatic rings. The van der Waals surface area contributed by atoms with Crippen LogP contribution in [-0.4, -0.2) is 62.8 Å². The Hall–Kier alpha value is -0.910. The van der Waals surface area contributed by atoms with E-state index in [1.54, 1.807) is 0 Å². The van der Waals surface area contributed by atoms with Gasteiger partial charge in [-0.15, -0.1) is 0 Å². The summed E-state index contributed by atoms with van der Waals surface area (Å²) < 4.78 is 2.24. The average molecular weight is 306 g/mol. The highest BCUT2D eigenvalue weighted by Crippen LogP contribution is 2.25. The summed E-state index contributed by atoms with van der Waals surface area (Å²) in [4.78, 5) is 9.30. The topological polar surface area (TPSA) is 44.5 Å². The lowest BCUT2D eigenvalue weighted by Crippen LogP contribution is -2.46. The third-order valence-electron chi connectivity index (χ3n) is 5.01. The maximum atomic E-state index is 10.9. The number of imidazole rings is 1. The highest BCUT2D eigenvalue weighted by Gasteiger charge is 2.37. The van der Waals surface area contributed by atoms with Crippen LogP contribution >= 0.6 is 0 Å². The fraction of sp³-hybridized carbons (Fsp3) is 0.824. The van der Waals surface area contributed by atoms with Crippen molar-refractivity contribution >= 4 is 0 Å². The molecule has 0 saturated carbocycles. The molecular weight excluding hydrogens is 276 g/mol. The average Bonchev–Trinajstić information content (AvgIpc) is 3.08. The van der Waals surface area contributed by atoms with Crippen molar-refractivity contribution in [2.24, 2.45) is 0 Å². The predicted octanol–water partition coefficient (Wildman–Crippen LogP) is 1.72. The van der Waals surface area contributed by atoms with Gasteiger partial charge >= 0.3 is 0 Å². The van der Waals surface area contributed by atoms with E-state index in [0.29, 0.717) is 0 Å². The zero-order chi connectivity index (χ0) is 15.4. The number of rotatable bonds is 6. The number of piperidine rings is 1. The molecule has 0 radical (unpaired) electrons. The molecular formula is C17H30N4O. The number of likely N-dealkylation sites (tertiary alicyclic amines) is 2. The maximum absolute atomic E-state index is 10.9. The Bertz CT molecular complexity index is 469. The largest absolute Gasteiger partial charge is 0.387 e. The second-order valence-corrected chi connectivity index (χ2v) is 7.06. The highest BCUT2D eigenvalue weighted by molar-refractivity contribution is 4.98. The first-order chi connectivity index (χ1) is 10.7. The lowest BCUT2D eigenvalue weighted by atomic mass is 10.0. The predicted molar refractivity (Wildman–Crippen MR) is 87.7 cm³/mol. The first-order valence-corrected chi connectivity index (χ1v) is 8.86. The number of aryl methyl sites for hydroxylation is 1. The quantitative estimate of drug-likeness (QED) is 0.869. The van der Waals surface area contributed by atoms with Crippen LogP contribution in [-0.2, 0) is 13.1 Å². The van der Waals surface area contributed by atoms with E-state index >= 15 is 0 Å². The Morgan fingerprint density at radius 3 is 2.77 bits per heavy atom. The van der Waals surface area contributed by atoms with E-state index in [9.17, 15) is 5.11 Å². The maximum Gasteiger partial charge on any atom is 0.122 e. The minimum absolute atomic E-state index is 0.528. The second kappa shape index (κ2) is 7.11. The van der Waals surface area contributed by atoms with Gasteiger partial charge in [0.1, 0.15) is 5.82 Å². The lowest BCUT2D eigenvalue weighted by Gasteiger charge is -2.33. The molecule has 0 spiro atoms. The van der Waals surface area contributed by atoms with E-state index < -0.39 is 5.60 Å². The molecule has 5 heteroatoms. The molecule has 5 nitrogen and oxygen atoms in total. The number of hydrogen-bond donors (Lipinski definition) is 1. The zero-order valence-electron chi connectivity index (χ0n) is 13.9. The molecule has 0 bridgehead atoms. The molecule has 0 aromatic carbocycles.